The van der Waals surface area contributed by atoms with Crippen molar-refractivity contribution in [1.82, 2.24) is 0 Å². The van der Waals surface area contributed by atoms with Crippen LogP contribution in [0.4, 0.5) is 0 Å². The maximum atomic E-state index is 10.6. The van der Waals surface area contributed by atoms with Crippen LogP contribution in [0.15, 0.2) is 0 Å². The molecule has 13 heteroatoms. The van der Waals surface area contributed by atoms with Gasteiger partial charge in [0.25, 0.3) is 0 Å². The molecule has 0 aliphatic heterocycles. The van der Waals surface area contributed by atoms with E-state index in [0.29, 0.717) is 12.8 Å². The molecule has 0 radical (unpaired) electrons. The Hall–Kier alpha value is -0.970. The van der Waals surface area contributed by atoms with Gasteiger partial charge in [-0.1, -0.05) is 84.0 Å². The molecule has 11 N–H and O–H groups in total. The maximum absolute atomic E-state index is 10.6. The molecule has 0 unspecified atom stereocenters. The Labute approximate surface area is 244 Å². The highest BCUT2D eigenvalue weighted by atomic mass is 16.6. The maximum Gasteiger partial charge on any atom is 0.370 e. The summed E-state index contributed by atoms with van der Waals surface area (Å²) in [6.07, 6.45) is 14.2. The number of hydrogen-bond acceptors (Lipinski definition) is 12. The van der Waals surface area contributed by atoms with Crippen molar-refractivity contribution in [3.63, 3.8) is 0 Å². The van der Waals surface area contributed by atoms with Crippen LogP contribution in [0.1, 0.15) is 96.8 Å². The molecule has 0 spiro atoms. The second kappa shape index (κ2) is 23.5. The quantitative estimate of drug-likeness (QED) is 0.0456. The summed E-state index contributed by atoms with van der Waals surface area (Å²) in [5.41, 5.74) is -2.32. The van der Waals surface area contributed by atoms with E-state index in [4.69, 9.17) is 50.7 Å². The number of rotatable bonds is 26. The van der Waals surface area contributed by atoms with Crippen LogP contribution in [0.25, 0.3) is 0 Å². The molecule has 0 aromatic heterocycles. The number of carboxylic acids is 1. The Morgan fingerprint density at radius 1 is 0.537 bits per heavy atom. The van der Waals surface area contributed by atoms with E-state index in [1.165, 1.54) is 51.4 Å². The standard InChI is InChI=1S/C18H36O6.C10H22O7/c1-2-3-4-5-6-7-8-9-10-11-12-13-14-15-17(21,22)18(23,24)16(19)20;11-1-9(2-12,3-13)7-17-8-10(4-14,5-15)6-16/h21-24H,2-15H2,1H3,(H,19,20);11-16H,1-8H2. The van der Waals surface area contributed by atoms with Crippen LogP contribution in [0.3, 0.4) is 0 Å². The summed E-state index contributed by atoms with van der Waals surface area (Å²) in [6.45, 7) is -0.786. The van der Waals surface area contributed by atoms with Crippen molar-refractivity contribution in [3.8, 4) is 0 Å². The first-order chi connectivity index (χ1) is 19.3. The van der Waals surface area contributed by atoms with Crippen molar-refractivity contribution in [1.29, 1.82) is 0 Å². The van der Waals surface area contributed by atoms with Crippen molar-refractivity contribution in [3.05, 3.63) is 0 Å². The Morgan fingerprint density at radius 3 is 1.10 bits per heavy atom. The van der Waals surface area contributed by atoms with E-state index in [1.807, 2.05) is 0 Å². The fourth-order valence-corrected chi connectivity index (χ4v) is 3.79. The van der Waals surface area contributed by atoms with Crippen LogP contribution in [0.5, 0.6) is 0 Å². The van der Waals surface area contributed by atoms with E-state index >= 15 is 0 Å². The molecular weight excluding hydrogens is 544 g/mol. The van der Waals surface area contributed by atoms with Crippen LogP contribution in [-0.2, 0) is 9.53 Å². The van der Waals surface area contributed by atoms with Gasteiger partial charge < -0.3 is 60.9 Å². The molecule has 0 aromatic carbocycles. The highest BCUT2D eigenvalue weighted by Crippen LogP contribution is 2.24. The molecule has 0 fully saturated rings. The number of hydrogen-bond donors (Lipinski definition) is 11. The smallest absolute Gasteiger partial charge is 0.370 e. The van der Waals surface area contributed by atoms with Gasteiger partial charge in [0.1, 0.15) is 0 Å². The molecule has 0 saturated heterocycles. The van der Waals surface area contributed by atoms with E-state index in [-0.39, 0.29) is 19.6 Å². The predicted octanol–water partition coefficient (Wildman–Crippen LogP) is -0.156. The Bertz CT molecular complexity index is 584. The third-order valence-electron chi connectivity index (χ3n) is 7.31. The van der Waals surface area contributed by atoms with Crippen molar-refractivity contribution in [2.75, 3.05) is 52.9 Å². The van der Waals surface area contributed by atoms with Gasteiger partial charge >= 0.3 is 11.8 Å². The van der Waals surface area contributed by atoms with Crippen molar-refractivity contribution in [2.24, 2.45) is 10.8 Å². The van der Waals surface area contributed by atoms with E-state index in [2.05, 4.69) is 6.92 Å². The van der Waals surface area contributed by atoms with Crippen molar-refractivity contribution < 1.29 is 65.7 Å². The van der Waals surface area contributed by atoms with Crippen molar-refractivity contribution >= 4 is 5.97 Å². The summed E-state index contributed by atoms with van der Waals surface area (Å²) in [5.74, 6) is -8.64. The third kappa shape index (κ3) is 17.0. The monoisotopic (exact) mass is 602 g/mol. The lowest BCUT2D eigenvalue weighted by atomic mass is 9.91. The van der Waals surface area contributed by atoms with Gasteiger partial charge in [-0.05, 0) is 6.42 Å². The van der Waals surface area contributed by atoms with Gasteiger partial charge in [-0.25, -0.2) is 4.79 Å². The number of carboxylic acid groups (broad SMARTS) is 1. The normalized spacial score (nSPS) is 12.8. The van der Waals surface area contributed by atoms with E-state index in [1.54, 1.807) is 0 Å². The summed E-state index contributed by atoms with van der Waals surface area (Å²) in [5, 5.41) is 100.0. The largest absolute Gasteiger partial charge is 0.477 e. The van der Waals surface area contributed by atoms with Gasteiger partial charge in [0.2, 0.25) is 5.79 Å². The number of ether oxygens (including phenoxy) is 1. The highest BCUT2D eigenvalue weighted by Gasteiger charge is 2.53. The van der Waals surface area contributed by atoms with Crippen LogP contribution >= 0.6 is 0 Å². The second-order valence-corrected chi connectivity index (χ2v) is 11.2. The molecule has 0 rings (SSSR count). The number of unbranched alkanes of at least 4 members (excludes halogenated alkanes) is 12. The molecule has 13 nitrogen and oxygen atoms in total. The lowest BCUT2D eigenvalue weighted by molar-refractivity contribution is -0.346. The minimum absolute atomic E-state index is 0.141. The molecule has 0 aliphatic carbocycles. The average molecular weight is 603 g/mol. The zero-order chi connectivity index (χ0) is 31.8. The summed E-state index contributed by atoms with van der Waals surface area (Å²) in [4.78, 5) is 10.6. The number of aliphatic carboxylic acids is 1. The minimum Gasteiger partial charge on any atom is -0.477 e. The van der Waals surface area contributed by atoms with Gasteiger partial charge in [-0.2, -0.15) is 0 Å². The molecule has 248 valence electrons. The van der Waals surface area contributed by atoms with E-state index < -0.39 is 68.0 Å². The summed E-state index contributed by atoms with van der Waals surface area (Å²) in [7, 11) is 0. The van der Waals surface area contributed by atoms with Gasteiger partial charge in [-0.3, -0.25) is 0 Å². The zero-order valence-electron chi connectivity index (χ0n) is 24.8. The minimum atomic E-state index is -3.54. The molecule has 0 aromatic rings. The second-order valence-electron chi connectivity index (χ2n) is 11.2. The van der Waals surface area contributed by atoms with Gasteiger partial charge in [0.05, 0.1) is 63.7 Å². The van der Waals surface area contributed by atoms with Crippen molar-refractivity contribution in [2.45, 2.75) is 108 Å². The summed E-state index contributed by atoms with van der Waals surface area (Å²) in [6, 6.07) is 0. The van der Waals surface area contributed by atoms with Crippen LogP contribution in [0, 0.1) is 10.8 Å². The number of carbonyl (C=O) groups is 1. The molecule has 0 aliphatic rings. The average Bonchev–Trinajstić information content (AvgIpc) is 2.96. The van der Waals surface area contributed by atoms with Crippen LogP contribution in [-0.4, -0.2) is 127 Å². The lowest BCUT2D eigenvalue weighted by Gasteiger charge is -2.31. The number of aliphatic hydroxyl groups excluding tert-OH is 6. The first-order valence-electron chi connectivity index (χ1n) is 14.7. The highest BCUT2D eigenvalue weighted by molar-refractivity contribution is 5.76. The Kier molecular flexibility index (Phi) is 24.1. The topological polar surface area (TPSA) is 249 Å². The Morgan fingerprint density at radius 2 is 0.829 bits per heavy atom. The number of aliphatic hydroxyl groups is 10. The third-order valence-corrected chi connectivity index (χ3v) is 7.31. The van der Waals surface area contributed by atoms with Crippen LogP contribution in [0.2, 0.25) is 0 Å². The van der Waals surface area contributed by atoms with E-state index in [9.17, 15) is 15.0 Å². The molecule has 0 saturated carbocycles. The van der Waals surface area contributed by atoms with Crippen LogP contribution < -0.4 is 0 Å². The molecule has 0 amide bonds. The first-order valence-corrected chi connectivity index (χ1v) is 14.7. The van der Waals surface area contributed by atoms with Gasteiger partial charge in [0.15, 0.2) is 0 Å². The predicted molar refractivity (Wildman–Crippen MR) is 150 cm³/mol. The van der Waals surface area contributed by atoms with E-state index in [0.717, 1.165) is 19.3 Å². The SMILES string of the molecule is CCCCCCCCCCCCCCCC(O)(O)C(O)(O)C(=O)O.OCC(CO)(CO)COCC(CO)(CO)CO. The molecule has 0 bridgehead atoms. The fraction of sp³-hybridized carbons (Fsp3) is 0.964. The molecular formula is C28H58O13. The molecule has 0 heterocycles. The molecule has 41 heavy (non-hydrogen) atoms. The molecule has 0 atom stereocenters. The first kappa shape index (κ1) is 42.2. The zero-order valence-corrected chi connectivity index (χ0v) is 24.8. The van der Waals surface area contributed by atoms with Gasteiger partial charge in [-0.15, -0.1) is 0 Å². The fourth-order valence-electron chi connectivity index (χ4n) is 3.79. The van der Waals surface area contributed by atoms with Gasteiger partial charge in [0, 0.05) is 6.42 Å². The summed E-state index contributed by atoms with van der Waals surface area (Å²) < 4.78 is 5.15. The summed E-state index contributed by atoms with van der Waals surface area (Å²) >= 11 is 0. The lowest BCUT2D eigenvalue weighted by Crippen LogP contribution is -2.59. The Balaban J connectivity index is 0.